The van der Waals surface area contributed by atoms with Gasteiger partial charge in [-0.25, -0.2) is 4.79 Å². The summed E-state index contributed by atoms with van der Waals surface area (Å²) in [6, 6.07) is -0.838. The summed E-state index contributed by atoms with van der Waals surface area (Å²) in [5.41, 5.74) is 0. The number of hydrogen-bond donors (Lipinski definition) is 3. The molecule has 0 rings (SSSR count). The van der Waals surface area contributed by atoms with Crippen LogP contribution in [0.3, 0.4) is 0 Å². The number of carboxylic acid groups (broad SMARTS) is 1. The molecule has 0 fully saturated rings. The monoisotopic (exact) mass is 293 g/mol. The van der Waals surface area contributed by atoms with Gasteiger partial charge in [0.25, 0.3) is 0 Å². The van der Waals surface area contributed by atoms with Crippen molar-refractivity contribution >= 4 is 35.1 Å². The summed E-state index contributed by atoms with van der Waals surface area (Å²) in [7, 11) is 0. The number of unbranched alkanes of at least 4 members (excludes halogenated alkanes) is 1. The molecule has 0 aromatic rings. The third-order valence-electron chi connectivity index (χ3n) is 1.97. The Hall–Kier alpha value is -1.14. The molecule has 0 aliphatic carbocycles. The second kappa shape index (κ2) is 14.9. The summed E-state index contributed by atoms with van der Waals surface area (Å²) in [4.78, 5) is 32.0. The molecule has 0 heterocycles. The minimum absolute atomic E-state index is 0. The molecular formula is C10H22AlN2O6. The highest BCUT2D eigenvalue weighted by Gasteiger charge is 2.17. The van der Waals surface area contributed by atoms with E-state index in [1.54, 1.807) is 0 Å². The maximum absolute atomic E-state index is 10.7. The number of carbonyl (C=O) groups excluding carboxylic acids is 2. The van der Waals surface area contributed by atoms with Gasteiger partial charge in [-0.3, -0.25) is 9.59 Å². The first-order valence-corrected chi connectivity index (χ1v) is 5.18. The predicted molar refractivity (Wildman–Crippen MR) is 70.8 cm³/mol. The highest BCUT2D eigenvalue weighted by Crippen LogP contribution is 2.01. The lowest BCUT2D eigenvalue weighted by Crippen LogP contribution is -2.39. The normalized spacial score (nSPS) is 9.79. The zero-order valence-electron chi connectivity index (χ0n) is 11.2. The van der Waals surface area contributed by atoms with Crippen molar-refractivity contribution in [3.63, 3.8) is 0 Å². The SMILES string of the molecule is CC(=O)NCCCCC(NC(C)=O)C(=O)O.O.O.[Al]. The molecule has 8 nitrogen and oxygen atoms in total. The summed E-state index contributed by atoms with van der Waals surface area (Å²) < 4.78 is 0. The minimum atomic E-state index is -1.03. The predicted octanol–water partition coefficient (Wildman–Crippen LogP) is -2.15. The van der Waals surface area contributed by atoms with E-state index in [0.29, 0.717) is 25.8 Å². The molecule has 7 N–H and O–H groups in total. The van der Waals surface area contributed by atoms with E-state index in [-0.39, 0.29) is 40.1 Å². The summed E-state index contributed by atoms with van der Waals surface area (Å²) in [6.45, 7) is 3.24. The first kappa shape index (κ1) is 26.4. The van der Waals surface area contributed by atoms with E-state index in [1.807, 2.05) is 0 Å². The van der Waals surface area contributed by atoms with Crippen LogP contribution in [-0.2, 0) is 14.4 Å². The quantitative estimate of drug-likeness (QED) is 0.361. The molecule has 0 bridgehead atoms. The number of hydrogen-bond acceptors (Lipinski definition) is 3. The zero-order valence-corrected chi connectivity index (χ0v) is 12.3. The second-order valence-electron chi connectivity index (χ2n) is 3.57. The highest BCUT2D eigenvalue weighted by atomic mass is 27.0. The van der Waals surface area contributed by atoms with Crippen LogP contribution < -0.4 is 10.6 Å². The molecule has 111 valence electrons. The molecule has 0 spiro atoms. The fraction of sp³-hybridized carbons (Fsp3) is 0.700. The first-order chi connectivity index (χ1) is 7.43. The molecule has 0 saturated heterocycles. The third kappa shape index (κ3) is 16.9. The van der Waals surface area contributed by atoms with Crippen molar-refractivity contribution in [1.82, 2.24) is 10.6 Å². The molecule has 9 heteroatoms. The van der Waals surface area contributed by atoms with Crippen molar-refractivity contribution in [3.8, 4) is 0 Å². The molecule has 2 amide bonds. The molecule has 19 heavy (non-hydrogen) atoms. The van der Waals surface area contributed by atoms with Crippen LogP contribution in [0.2, 0.25) is 0 Å². The van der Waals surface area contributed by atoms with E-state index in [0.717, 1.165) is 0 Å². The largest absolute Gasteiger partial charge is 0.480 e. The summed E-state index contributed by atoms with van der Waals surface area (Å²) in [5, 5.41) is 13.8. The Balaban J connectivity index is -0.000000375. The third-order valence-corrected chi connectivity index (χ3v) is 1.97. The summed E-state index contributed by atoms with van der Waals surface area (Å²) in [6.07, 6.45) is 1.70. The van der Waals surface area contributed by atoms with E-state index < -0.39 is 12.0 Å². The molecule has 0 aromatic carbocycles. The Labute approximate surface area is 122 Å². The topological polar surface area (TPSA) is 158 Å². The van der Waals surface area contributed by atoms with Gasteiger partial charge in [-0.1, -0.05) is 0 Å². The van der Waals surface area contributed by atoms with Crippen LogP contribution in [0.25, 0.3) is 0 Å². The molecule has 1 unspecified atom stereocenters. The van der Waals surface area contributed by atoms with Crippen LogP contribution in [0.5, 0.6) is 0 Å². The maximum atomic E-state index is 10.7. The fourth-order valence-corrected chi connectivity index (χ4v) is 1.24. The molecule has 1 atom stereocenters. The van der Waals surface area contributed by atoms with E-state index in [4.69, 9.17) is 5.11 Å². The van der Waals surface area contributed by atoms with Gasteiger partial charge in [0.05, 0.1) is 0 Å². The number of carboxylic acids is 1. The van der Waals surface area contributed by atoms with Crippen LogP contribution in [0.4, 0.5) is 0 Å². The Morgan fingerprint density at radius 1 is 1.05 bits per heavy atom. The minimum Gasteiger partial charge on any atom is -0.480 e. The molecule has 0 aromatic heterocycles. The summed E-state index contributed by atoms with van der Waals surface area (Å²) in [5.74, 6) is -1.49. The molecular weight excluding hydrogens is 271 g/mol. The number of rotatable bonds is 7. The lowest BCUT2D eigenvalue weighted by molar-refractivity contribution is -0.141. The lowest BCUT2D eigenvalue weighted by atomic mass is 10.1. The number of carbonyl (C=O) groups is 3. The fourth-order valence-electron chi connectivity index (χ4n) is 1.24. The van der Waals surface area contributed by atoms with Crippen LogP contribution in [0.1, 0.15) is 33.1 Å². The van der Waals surface area contributed by atoms with Gasteiger partial charge >= 0.3 is 5.97 Å². The number of nitrogens with one attached hydrogen (secondary N) is 2. The van der Waals surface area contributed by atoms with Gasteiger partial charge in [0.1, 0.15) is 6.04 Å². The number of amides is 2. The van der Waals surface area contributed by atoms with E-state index in [2.05, 4.69) is 10.6 Å². The Bertz CT molecular complexity index is 275. The molecule has 3 radical (unpaired) electrons. The van der Waals surface area contributed by atoms with E-state index in [1.165, 1.54) is 13.8 Å². The maximum Gasteiger partial charge on any atom is 0.326 e. The van der Waals surface area contributed by atoms with Gasteiger partial charge in [0.2, 0.25) is 11.8 Å². The standard InChI is InChI=1S/C10H18N2O4.Al.2H2O/c1-7(13)11-6-4-3-5-9(10(15)16)12-8(2)14;;;/h9H,3-6H2,1-2H3,(H,11,13)(H,12,14)(H,15,16);;2*1H2. The van der Waals surface area contributed by atoms with E-state index in [9.17, 15) is 14.4 Å². The zero-order chi connectivity index (χ0) is 12.6. The van der Waals surface area contributed by atoms with Gasteiger partial charge in [0.15, 0.2) is 0 Å². The first-order valence-electron chi connectivity index (χ1n) is 5.18. The molecule has 0 aliphatic heterocycles. The van der Waals surface area contributed by atoms with Crippen molar-refractivity contribution in [1.29, 1.82) is 0 Å². The van der Waals surface area contributed by atoms with Crippen LogP contribution in [0, 0.1) is 0 Å². The van der Waals surface area contributed by atoms with Crippen molar-refractivity contribution < 1.29 is 30.4 Å². The van der Waals surface area contributed by atoms with Gasteiger partial charge in [-0.05, 0) is 19.3 Å². The van der Waals surface area contributed by atoms with Gasteiger partial charge in [0, 0.05) is 37.8 Å². The Morgan fingerprint density at radius 2 is 1.58 bits per heavy atom. The lowest BCUT2D eigenvalue weighted by Gasteiger charge is -2.12. The van der Waals surface area contributed by atoms with Gasteiger partial charge < -0.3 is 26.7 Å². The Kier molecular flexibility index (Phi) is 20.8. The average molecular weight is 293 g/mol. The van der Waals surface area contributed by atoms with Crippen LogP contribution in [-0.4, -0.2) is 63.8 Å². The summed E-state index contributed by atoms with van der Waals surface area (Å²) >= 11 is 0. The highest BCUT2D eigenvalue weighted by molar-refractivity contribution is 5.81. The van der Waals surface area contributed by atoms with Crippen molar-refractivity contribution in [2.24, 2.45) is 0 Å². The second-order valence-corrected chi connectivity index (χ2v) is 3.57. The number of aliphatic carboxylic acids is 1. The molecule has 0 aliphatic rings. The van der Waals surface area contributed by atoms with Crippen molar-refractivity contribution in [2.45, 2.75) is 39.2 Å². The van der Waals surface area contributed by atoms with Gasteiger partial charge in [-0.2, -0.15) is 0 Å². The van der Waals surface area contributed by atoms with Crippen molar-refractivity contribution in [3.05, 3.63) is 0 Å². The van der Waals surface area contributed by atoms with Crippen LogP contribution >= 0.6 is 0 Å². The van der Waals surface area contributed by atoms with Gasteiger partial charge in [-0.15, -0.1) is 0 Å². The van der Waals surface area contributed by atoms with Crippen molar-refractivity contribution in [2.75, 3.05) is 6.54 Å². The van der Waals surface area contributed by atoms with E-state index >= 15 is 0 Å². The smallest absolute Gasteiger partial charge is 0.326 e. The Morgan fingerprint density at radius 3 is 1.95 bits per heavy atom. The average Bonchev–Trinajstić information content (AvgIpc) is 2.14. The van der Waals surface area contributed by atoms with Crippen LogP contribution in [0.15, 0.2) is 0 Å². The molecule has 0 saturated carbocycles.